The van der Waals surface area contributed by atoms with Crippen LogP contribution in [0.3, 0.4) is 0 Å². The molecule has 1 aromatic carbocycles. The van der Waals surface area contributed by atoms with E-state index in [1.54, 1.807) is 11.3 Å². The molecule has 3 heterocycles. The largest absolute Gasteiger partial charge is 0.296 e. The minimum absolute atomic E-state index is 0.681. The number of aromatic nitrogens is 3. The topological polar surface area (TPSA) is 33.4 Å². The van der Waals surface area contributed by atoms with Gasteiger partial charge < -0.3 is 0 Å². The van der Waals surface area contributed by atoms with Crippen molar-refractivity contribution in [1.29, 1.82) is 0 Å². The number of piperidine rings is 1. The summed E-state index contributed by atoms with van der Waals surface area (Å²) in [5, 5.41) is 8.71. The fraction of sp³-hybridized carbons (Fsp3) is 0.412. The van der Waals surface area contributed by atoms with Gasteiger partial charge >= 0.3 is 0 Å². The Balaban J connectivity index is 1.64. The lowest BCUT2D eigenvalue weighted by atomic mass is 10.0. The van der Waals surface area contributed by atoms with Crippen LogP contribution in [0.25, 0.3) is 16.3 Å². The van der Waals surface area contributed by atoms with Gasteiger partial charge in [0.05, 0.1) is 0 Å². The van der Waals surface area contributed by atoms with Gasteiger partial charge in [-0.3, -0.25) is 9.30 Å². The Morgan fingerprint density at radius 2 is 2.22 bits per heavy atom. The summed E-state index contributed by atoms with van der Waals surface area (Å²) in [6, 6.07) is 8.90. The third-order valence-corrected chi connectivity index (χ3v) is 5.99. The Labute approximate surface area is 148 Å². The Kier molecular flexibility index (Phi) is 4.22. The number of hydrogen-bond donors (Lipinski definition) is 0. The van der Waals surface area contributed by atoms with Crippen LogP contribution in [0.15, 0.2) is 34.9 Å². The first-order valence-corrected chi connectivity index (χ1v) is 9.65. The van der Waals surface area contributed by atoms with Crippen LogP contribution >= 0.6 is 27.3 Å². The predicted molar refractivity (Wildman–Crippen MR) is 97.7 cm³/mol. The van der Waals surface area contributed by atoms with Crippen LogP contribution < -0.4 is 0 Å². The summed E-state index contributed by atoms with van der Waals surface area (Å²) in [5.74, 6) is 0.912. The van der Waals surface area contributed by atoms with Gasteiger partial charge in [0.1, 0.15) is 0 Å². The van der Waals surface area contributed by atoms with Crippen LogP contribution in [0.4, 0.5) is 0 Å². The fourth-order valence-corrected chi connectivity index (χ4v) is 4.58. The highest BCUT2D eigenvalue weighted by Crippen LogP contribution is 2.27. The number of nitrogens with zero attached hydrogens (tertiary/aromatic N) is 4. The number of likely N-dealkylation sites (tertiary alicyclic amines) is 1. The zero-order valence-corrected chi connectivity index (χ0v) is 15.5. The molecule has 3 aromatic rings. The molecule has 0 unspecified atom stereocenters. The van der Waals surface area contributed by atoms with Crippen LogP contribution in [0.1, 0.15) is 31.1 Å². The van der Waals surface area contributed by atoms with E-state index in [-0.39, 0.29) is 0 Å². The monoisotopic (exact) mass is 390 g/mol. The first-order chi connectivity index (χ1) is 11.2. The summed E-state index contributed by atoms with van der Waals surface area (Å²) in [6.07, 6.45) is 6.20. The molecule has 1 aliphatic rings. The standard InChI is InChI=1S/C17H19BrN4S/c1-12-5-2-3-8-21(12)10-15-11-22-16(19-20-17(22)23-15)13-6-4-7-14(18)9-13/h4,6-7,9,11-12H,2-3,5,8,10H2,1H3/t12-/m0/s1. The quantitative estimate of drug-likeness (QED) is 0.655. The molecule has 2 aromatic heterocycles. The molecule has 0 N–H and O–H groups in total. The third kappa shape index (κ3) is 3.07. The highest BCUT2D eigenvalue weighted by Gasteiger charge is 2.20. The van der Waals surface area contributed by atoms with Gasteiger partial charge in [0.25, 0.3) is 0 Å². The molecule has 6 heteroatoms. The van der Waals surface area contributed by atoms with Gasteiger partial charge in [0, 0.05) is 33.7 Å². The van der Waals surface area contributed by atoms with E-state index in [0.717, 1.165) is 27.4 Å². The summed E-state index contributed by atoms with van der Waals surface area (Å²) in [6.45, 7) is 4.57. The zero-order valence-electron chi connectivity index (χ0n) is 13.1. The second kappa shape index (κ2) is 6.34. The molecule has 1 fully saturated rings. The van der Waals surface area contributed by atoms with E-state index in [0.29, 0.717) is 6.04 Å². The smallest absolute Gasteiger partial charge is 0.216 e. The minimum atomic E-state index is 0.681. The van der Waals surface area contributed by atoms with E-state index in [9.17, 15) is 0 Å². The van der Waals surface area contributed by atoms with Crippen molar-refractivity contribution in [2.45, 2.75) is 38.8 Å². The third-order valence-electron chi connectivity index (χ3n) is 4.54. The van der Waals surface area contributed by atoms with Crippen molar-refractivity contribution in [1.82, 2.24) is 19.5 Å². The maximum Gasteiger partial charge on any atom is 0.216 e. The molecule has 0 bridgehead atoms. The van der Waals surface area contributed by atoms with Gasteiger partial charge in [-0.15, -0.1) is 10.2 Å². The van der Waals surface area contributed by atoms with Crippen molar-refractivity contribution >= 4 is 32.2 Å². The molecular formula is C17H19BrN4S. The molecule has 1 aliphatic heterocycles. The average Bonchev–Trinajstić information content (AvgIpc) is 3.09. The van der Waals surface area contributed by atoms with Gasteiger partial charge in [-0.1, -0.05) is 45.8 Å². The molecule has 0 radical (unpaired) electrons. The van der Waals surface area contributed by atoms with Crippen LogP contribution in [0, 0.1) is 0 Å². The number of rotatable bonds is 3. The van der Waals surface area contributed by atoms with Crippen molar-refractivity contribution in [3.05, 3.63) is 39.8 Å². The van der Waals surface area contributed by atoms with Crippen molar-refractivity contribution in [2.24, 2.45) is 0 Å². The fourth-order valence-electron chi connectivity index (χ4n) is 3.24. The van der Waals surface area contributed by atoms with E-state index < -0.39 is 0 Å². The van der Waals surface area contributed by atoms with Crippen LogP contribution in [-0.2, 0) is 6.54 Å². The maximum atomic E-state index is 4.36. The number of halogens is 1. The lowest BCUT2D eigenvalue weighted by molar-refractivity contribution is 0.154. The first kappa shape index (κ1) is 15.3. The normalized spacial score (nSPS) is 19.5. The maximum absolute atomic E-state index is 4.36. The molecule has 4 rings (SSSR count). The van der Waals surface area contributed by atoms with Crippen LogP contribution in [-0.4, -0.2) is 32.1 Å². The van der Waals surface area contributed by atoms with Crippen molar-refractivity contribution in [2.75, 3.05) is 6.54 Å². The Hall–Kier alpha value is -1.24. The SMILES string of the molecule is C[C@H]1CCCCN1Cc1cn2c(-c3cccc(Br)c3)nnc2s1. The van der Waals surface area contributed by atoms with Crippen LogP contribution in [0.5, 0.6) is 0 Å². The van der Waals surface area contributed by atoms with E-state index in [2.05, 4.69) is 60.7 Å². The molecule has 120 valence electrons. The minimum Gasteiger partial charge on any atom is -0.296 e. The second-order valence-corrected chi connectivity index (χ2v) is 8.21. The van der Waals surface area contributed by atoms with Gasteiger partial charge in [-0.05, 0) is 38.4 Å². The molecule has 0 amide bonds. The van der Waals surface area contributed by atoms with E-state index in [1.807, 2.05) is 12.1 Å². The van der Waals surface area contributed by atoms with Crippen molar-refractivity contribution in [3.8, 4) is 11.4 Å². The second-order valence-electron chi connectivity index (χ2n) is 6.20. The Bertz CT molecular complexity index is 825. The van der Waals surface area contributed by atoms with Crippen molar-refractivity contribution in [3.63, 3.8) is 0 Å². The molecular weight excluding hydrogens is 372 g/mol. The van der Waals surface area contributed by atoms with E-state index >= 15 is 0 Å². The number of fused-ring (bicyclic) bond motifs is 1. The summed E-state index contributed by atoms with van der Waals surface area (Å²) in [7, 11) is 0. The summed E-state index contributed by atoms with van der Waals surface area (Å²) < 4.78 is 3.18. The first-order valence-electron chi connectivity index (χ1n) is 8.04. The van der Waals surface area contributed by atoms with Gasteiger partial charge in [0.15, 0.2) is 5.82 Å². The summed E-state index contributed by atoms with van der Waals surface area (Å²) in [4.78, 5) is 4.92. The van der Waals surface area contributed by atoms with Gasteiger partial charge in [0.2, 0.25) is 4.96 Å². The highest BCUT2D eigenvalue weighted by atomic mass is 79.9. The number of thiazole rings is 1. The lowest BCUT2D eigenvalue weighted by Crippen LogP contribution is -2.36. The molecule has 1 atom stereocenters. The Morgan fingerprint density at radius 1 is 1.30 bits per heavy atom. The van der Waals surface area contributed by atoms with Gasteiger partial charge in [-0.25, -0.2) is 0 Å². The molecule has 23 heavy (non-hydrogen) atoms. The van der Waals surface area contributed by atoms with Crippen LogP contribution in [0.2, 0.25) is 0 Å². The highest BCUT2D eigenvalue weighted by molar-refractivity contribution is 9.10. The van der Waals surface area contributed by atoms with E-state index in [4.69, 9.17) is 0 Å². The molecule has 4 nitrogen and oxygen atoms in total. The van der Waals surface area contributed by atoms with Gasteiger partial charge in [-0.2, -0.15) is 0 Å². The summed E-state index contributed by atoms with van der Waals surface area (Å²) >= 11 is 5.28. The van der Waals surface area contributed by atoms with Crippen molar-refractivity contribution < 1.29 is 0 Å². The molecule has 0 saturated carbocycles. The molecule has 0 aliphatic carbocycles. The Morgan fingerprint density at radius 3 is 3.04 bits per heavy atom. The average molecular weight is 391 g/mol. The predicted octanol–water partition coefficient (Wildman–Crippen LogP) is 4.59. The number of hydrogen-bond acceptors (Lipinski definition) is 4. The zero-order chi connectivity index (χ0) is 15.8. The van der Waals surface area contributed by atoms with E-state index in [1.165, 1.54) is 30.7 Å². The lowest BCUT2D eigenvalue weighted by Gasteiger charge is -2.32. The molecule has 0 spiro atoms. The summed E-state index contributed by atoms with van der Waals surface area (Å²) in [5.41, 5.74) is 1.09. The molecule has 1 saturated heterocycles. The number of benzene rings is 1.